The van der Waals surface area contributed by atoms with Gasteiger partial charge in [0.1, 0.15) is 5.72 Å². The normalized spacial score (nSPS) is 35.5. The van der Waals surface area contributed by atoms with Gasteiger partial charge < -0.3 is 15.0 Å². The summed E-state index contributed by atoms with van der Waals surface area (Å²) in [5.41, 5.74) is -0.437. The van der Waals surface area contributed by atoms with Crippen molar-refractivity contribution in [3.05, 3.63) is 0 Å². The molecular formula is C10H18N2O2. The van der Waals surface area contributed by atoms with Crippen LogP contribution in [0.25, 0.3) is 0 Å². The van der Waals surface area contributed by atoms with Crippen LogP contribution in [0.5, 0.6) is 0 Å². The summed E-state index contributed by atoms with van der Waals surface area (Å²) in [6.45, 7) is 7.39. The molecule has 4 nitrogen and oxygen atoms in total. The summed E-state index contributed by atoms with van der Waals surface area (Å²) in [5.74, 6) is 0.115. The molecule has 0 aromatic heterocycles. The number of ether oxygens (including phenoxy) is 1. The third-order valence-corrected chi connectivity index (χ3v) is 3.08. The molecule has 80 valence electrons. The fraction of sp³-hybridized carbons (Fsp3) is 0.900. The molecule has 0 aliphatic carbocycles. The van der Waals surface area contributed by atoms with Gasteiger partial charge in [-0.3, -0.25) is 4.79 Å². The van der Waals surface area contributed by atoms with Gasteiger partial charge in [-0.15, -0.1) is 0 Å². The highest BCUT2D eigenvalue weighted by atomic mass is 16.5. The lowest BCUT2D eigenvalue weighted by molar-refractivity contribution is -0.144. The molecule has 1 amide bonds. The number of nitrogens with one attached hydrogen (secondary N) is 1. The van der Waals surface area contributed by atoms with Crippen LogP contribution in [-0.4, -0.2) is 41.8 Å². The molecule has 2 atom stereocenters. The molecule has 2 unspecified atom stereocenters. The zero-order valence-corrected chi connectivity index (χ0v) is 9.04. The molecule has 2 fully saturated rings. The SMILES string of the molecule is CC(=O)N1C2CCNCC2OC1(C)C. The van der Waals surface area contributed by atoms with Crippen molar-refractivity contribution in [1.29, 1.82) is 0 Å². The second-order valence-electron chi connectivity index (χ2n) is 4.55. The summed E-state index contributed by atoms with van der Waals surface area (Å²) in [6, 6.07) is 0.267. The van der Waals surface area contributed by atoms with Gasteiger partial charge in [0, 0.05) is 13.5 Å². The van der Waals surface area contributed by atoms with E-state index in [4.69, 9.17) is 4.74 Å². The maximum Gasteiger partial charge on any atom is 0.222 e. The van der Waals surface area contributed by atoms with Crippen LogP contribution >= 0.6 is 0 Å². The fourth-order valence-corrected chi connectivity index (χ4v) is 2.67. The van der Waals surface area contributed by atoms with Crippen LogP contribution in [0.15, 0.2) is 0 Å². The first-order valence-electron chi connectivity index (χ1n) is 5.21. The van der Waals surface area contributed by atoms with Gasteiger partial charge in [-0.1, -0.05) is 0 Å². The molecule has 0 bridgehead atoms. The zero-order valence-electron chi connectivity index (χ0n) is 9.04. The molecule has 0 spiro atoms. The maximum atomic E-state index is 11.5. The smallest absolute Gasteiger partial charge is 0.222 e. The molecule has 1 N–H and O–H groups in total. The van der Waals surface area contributed by atoms with Crippen molar-refractivity contribution < 1.29 is 9.53 Å². The highest BCUT2D eigenvalue weighted by Gasteiger charge is 2.49. The molecule has 2 aliphatic rings. The second-order valence-corrected chi connectivity index (χ2v) is 4.55. The molecule has 4 heteroatoms. The number of nitrogens with zero attached hydrogens (tertiary/aromatic N) is 1. The lowest BCUT2D eigenvalue weighted by atomic mass is 10.0. The Kier molecular flexibility index (Phi) is 2.27. The highest BCUT2D eigenvalue weighted by molar-refractivity contribution is 5.74. The van der Waals surface area contributed by atoms with Gasteiger partial charge in [0.2, 0.25) is 5.91 Å². The van der Waals surface area contributed by atoms with Crippen LogP contribution in [0.4, 0.5) is 0 Å². The van der Waals surface area contributed by atoms with Crippen LogP contribution in [0, 0.1) is 0 Å². The highest BCUT2D eigenvalue weighted by Crippen LogP contribution is 2.34. The fourth-order valence-electron chi connectivity index (χ4n) is 2.67. The van der Waals surface area contributed by atoms with Crippen LogP contribution < -0.4 is 5.32 Å². The van der Waals surface area contributed by atoms with E-state index in [-0.39, 0.29) is 18.1 Å². The summed E-state index contributed by atoms with van der Waals surface area (Å²) in [4.78, 5) is 13.4. The Hall–Kier alpha value is -0.610. The van der Waals surface area contributed by atoms with Crippen molar-refractivity contribution in [3.8, 4) is 0 Å². The molecule has 0 aromatic carbocycles. The molecule has 0 aromatic rings. The summed E-state index contributed by atoms with van der Waals surface area (Å²) in [5, 5.41) is 3.29. The lowest BCUT2D eigenvalue weighted by Gasteiger charge is -2.33. The van der Waals surface area contributed by atoms with E-state index in [0.717, 1.165) is 19.5 Å². The van der Waals surface area contributed by atoms with E-state index in [1.807, 2.05) is 18.7 Å². The predicted molar refractivity (Wildman–Crippen MR) is 52.7 cm³/mol. The van der Waals surface area contributed by atoms with E-state index in [1.54, 1.807) is 6.92 Å². The van der Waals surface area contributed by atoms with Crippen LogP contribution in [0.2, 0.25) is 0 Å². The summed E-state index contributed by atoms with van der Waals surface area (Å²) < 4.78 is 5.87. The minimum atomic E-state index is -0.437. The van der Waals surface area contributed by atoms with E-state index in [0.29, 0.717) is 0 Å². The third-order valence-electron chi connectivity index (χ3n) is 3.08. The lowest BCUT2D eigenvalue weighted by Crippen LogP contribution is -2.51. The Morgan fingerprint density at radius 1 is 1.57 bits per heavy atom. The number of carbonyl (C=O) groups is 1. The van der Waals surface area contributed by atoms with Gasteiger partial charge in [-0.05, 0) is 26.8 Å². The number of hydrogen-bond acceptors (Lipinski definition) is 3. The van der Waals surface area contributed by atoms with Crippen molar-refractivity contribution in [2.24, 2.45) is 0 Å². The minimum Gasteiger partial charge on any atom is -0.349 e. The van der Waals surface area contributed by atoms with Crippen molar-refractivity contribution >= 4 is 5.91 Å². The van der Waals surface area contributed by atoms with E-state index in [9.17, 15) is 4.79 Å². The molecule has 14 heavy (non-hydrogen) atoms. The molecular weight excluding hydrogens is 180 g/mol. The van der Waals surface area contributed by atoms with Crippen molar-refractivity contribution in [2.45, 2.75) is 45.1 Å². The Bertz CT molecular complexity index is 253. The van der Waals surface area contributed by atoms with E-state index >= 15 is 0 Å². The van der Waals surface area contributed by atoms with Gasteiger partial charge in [0.05, 0.1) is 12.1 Å². The molecule has 2 saturated heterocycles. The Balaban J connectivity index is 2.23. The summed E-state index contributed by atoms with van der Waals surface area (Å²) >= 11 is 0. The summed E-state index contributed by atoms with van der Waals surface area (Å²) in [6.07, 6.45) is 1.16. The number of fused-ring (bicyclic) bond motifs is 1. The van der Waals surface area contributed by atoms with Crippen LogP contribution in [-0.2, 0) is 9.53 Å². The number of carbonyl (C=O) groups excluding carboxylic acids is 1. The average molecular weight is 198 g/mol. The van der Waals surface area contributed by atoms with Gasteiger partial charge in [-0.2, -0.15) is 0 Å². The number of rotatable bonds is 0. The maximum absolute atomic E-state index is 11.5. The standard InChI is InChI=1S/C10H18N2O2/c1-7(13)12-8-4-5-11-6-9(8)14-10(12,2)3/h8-9,11H,4-6H2,1-3H3. The van der Waals surface area contributed by atoms with E-state index in [1.165, 1.54) is 0 Å². The number of piperidine rings is 1. The Labute approximate surface area is 84.6 Å². The van der Waals surface area contributed by atoms with Crippen molar-refractivity contribution in [3.63, 3.8) is 0 Å². The first kappa shape index (κ1) is 9.93. The molecule has 2 aliphatic heterocycles. The second kappa shape index (κ2) is 3.21. The minimum absolute atomic E-state index is 0.115. The molecule has 0 radical (unpaired) electrons. The number of hydrogen-bond donors (Lipinski definition) is 1. The van der Waals surface area contributed by atoms with E-state index < -0.39 is 5.72 Å². The van der Waals surface area contributed by atoms with Crippen molar-refractivity contribution in [1.82, 2.24) is 10.2 Å². The first-order valence-corrected chi connectivity index (χ1v) is 5.21. The van der Waals surface area contributed by atoms with Gasteiger partial charge >= 0.3 is 0 Å². The molecule has 2 heterocycles. The average Bonchev–Trinajstić information content (AvgIpc) is 2.33. The van der Waals surface area contributed by atoms with Gasteiger partial charge in [0.25, 0.3) is 0 Å². The first-order chi connectivity index (χ1) is 6.52. The quantitative estimate of drug-likeness (QED) is 0.610. The molecule has 2 rings (SSSR count). The van der Waals surface area contributed by atoms with Crippen LogP contribution in [0.1, 0.15) is 27.2 Å². The zero-order chi connectivity index (χ0) is 10.3. The predicted octanol–water partition coefficient (Wildman–Crippen LogP) is 0.332. The Morgan fingerprint density at radius 2 is 2.29 bits per heavy atom. The summed E-state index contributed by atoms with van der Waals surface area (Å²) in [7, 11) is 0. The topological polar surface area (TPSA) is 41.6 Å². The van der Waals surface area contributed by atoms with Gasteiger partial charge in [-0.25, -0.2) is 0 Å². The third kappa shape index (κ3) is 1.42. The van der Waals surface area contributed by atoms with Gasteiger partial charge in [0.15, 0.2) is 0 Å². The molecule has 0 saturated carbocycles. The largest absolute Gasteiger partial charge is 0.349 e. The van der Waals surface area contributed by atoms with Crippen molar-refractivity contribution in [2.75, 3.05) is 13.1 Å². The Morgan fingerprint density at radius 3 is 2.93 bits per heavy atom. The van der Waals surface area contributed by atoms with Crippen LogP contribution in [0.3, 0.4) is 0 Å². The van der Waals surface area contributed by atoms with E-state index in [2.05, 4.69) is 5.32 Å². The number of amides is 1. The monoisotopic (exact) mass is 198 g/mol.